The Labute approximate surface area is 96.0 Å². The fourth-order valence-corrected chi connectivity index (χ4v) is 2.43. The van der Waals surface area contributed by atoms with Gasteiger partial charge in [0.1, 0.15) is 0 Å². The highest BCUT2D eigenvalue weighted by molar-refractivity contribution is 7.90. The van der Waals surface area contributed by atoms with Gasteiger partial charge in [-0.3, -0.25) is 0 Å². The van der Waals surface area contributed by atoms with Crippen LogP contribution in [-0.4, -0.2) is 19.8 Å². The summed E-state index contributed by atoms with van der Waals surface area (Å²) in [5, 5.41) is 9.93. The van der Waals surface area contributed by atoms with E-state index in [9.17, 15) is 13.5 Å². The molecular weight excluding hydrogens is 224 g/mol. The minimum atomic E-state index is -3.18. The van der Waals surface area contributed by atoms with E-state index in [4.69, 9.17) is 0 Å². The Bertz CT molecular complexity index is 475. The quantitative estimate of drug-likeness (QED) is 0.874. The van der Waals surface area contributed by atoms with Gasteiger partial charge < -0.3 is 5.11 Å². The monoisotopic (exact) mass is 240 g/mol. The van der Waals surface area contributed by atoms with Crippen LogP contribution in [0.1, 0.15) is 30.9 Å². The van der Waals surface area contributed by atoms with Crippen LogP contribution in [0.3, 0.4) is 0 Å². The first-order valence-corrected chi connectivity index (χ1v) is 7.34. The normalized spacial score (nSPS) is 18.4. The van der Waals surface area contributed by atoms with E-state index in [1.165, 1.54) is 19.1 Å². The van der Waals surface area contributed by atoms with Crippen LogP contribution in [-0.2, 0) is 9.84 Å². The predicted molar refractivity (Wildman–Crippen MR) is 61.9 cm³/mol. The molecule has 1 fully saturated rings. The number of hydrogen-bond acceptors (Lipinski definition) is 3. The zero-order valence-electron chi connectivity index (χ0n) is 9.26. The second-order valence-electron chi connectivity index (χ2n) is 4.54. The standard InChI is InChI=1S/C12H16O3S/c1-16(14,15)11-4-2-3-10(8-11)12(13)7-9-5-6-9/h2-4,8-9,12-13H,5-7H2,1H3. The summed E-state index contributed by atoms with van der Waals surface area (Å²) in [7, 11) is -3.18. The highest BCUT2D eigenvalue weighted by Crippen LogP contribution is 2.37. The van der Waals surface area contributed by atoms with Crippen molar-refractivity contribution < 1.29 is 13.5 Å². The average Bonchev–Trinajstić information content (AvgIpc) is 3.00. The van der Waals surface area contributed by atoms with Crippen LogP contribution < -0.4 is 0 Å². The summed E-state index contributed by atoms with van der Waals surface area (Å²) in [4.78, 5) is 0.278. The van der Waals surface area contributed by atoms with Crippen molar-refractivity contribution >= 4 is 9.84 Å². The van der Waals surface area contributed by atoms with E-state index in [0.717, 1.165) is 6.42 Å². The molecule has 0 amide bonds. The number of sulfone groups is 1. The van der Waals surface area contributed by atoms with Crippen LogP contribution >= 0.6 is 0 Å². The molecule has 0 bridgehead atoms. The van der Waals surface area contributed by atoms with Crippen molar-refractivity contribution in [2.24, 2.45) is 5.92 Å². The van der Waals surface area contributed by atoms with Gasteiger partial charge in [0, 0.05) is 6.26 Å². The van der Waals surface area contributed by atoms with Crippen molar-refractivity contribution in [2.75, 3.05) is 6.26 Å². The molecule has 16 heavy (non-hydrogen) atoms. The van der Waals surface area contributed by atoms with Crippen LogP contribution in [0, 0.1) is 5.92 Å². The summed E-state index contributed by atoms with van der Waals surface area (Å²) in [5.41, 5.74) is 0.704. The zero-order chi connectivity index (χ0) is 11.8. The molecule has 88 valence electrons. The number of benzene rings is 1. The fraction of sp³-hybridized carbons (Fsp3) is 0.500. The van der Waals surface area contributed by atoms with Gasteiger partial charge in [-0.1, -0.05) is 25.0 Å². The van der Waals surface area contributed by atoms with E-state index < -0.39 is 15.9 Å². The van der Waals surface area contributed by atoms with Crippen LogP contribution in [0.25, 0.3) is 0 Å². The molecule has 1 aliphatic rings. The van der Waals surface area contributed by atoms with Crippen LogP contribution in [0.2, 0.25) is 0 Å². The van der Waals surface area contributed by atoms with Gasteiger partial charge in [-0.05, 0) is 30.0 Å². The molecule has 1 N–H and O–H groups in total. The highest BCUT2D eigenvalue weighted by atomic mass is 32.2. The van der Waals surface area contributed by atoms with Crippen molar-refractivity contribution in [1.29, 1.82) is 0 Å². The van der Waals surface area contributed by atoms with Crippen molar-refractivity contribution in [3.8, 4) is 0 Å². The minimum Gasteiger partial charge on any atom is -0.388 e. The van der Waals surface area contributed by atoms with Gasteiger partial charge >= 0.3 is 0 Å². The van der Waals surface area contributed by atoms with Gasteiger partial charge in [0.05, 0.1) is 11.0 Å². The first-order chi connectivity index (χ1) is 7.47. The van der Waals surface area contributed by atoms with Crippen molar-refractivity contribution in [3.05, 3.63) is 29.8 Å². The summed E-state index contributed by atoms with van der Waals surface area (Å²) in [6, 6.07) is 6.59. The lowest BCUT2D eigenvalue weighted by Crippen LogP contribution is -2.02. The van der Waals surface area contributed by atoms with Crippen molar-refractivity contribution in [1.82, 2.24) is 0 Å². The Balaban J connectivity index is 2.20. The minimum absolute atomic E-state index is 0.278. The van der Waals surface area contributed by atoms with E-state index >= 15 is 0 Å². The molecule has 0 saturated heterocycles. The SMILES string of the molecule is CS(=O)(=O)c1cccc(C(O)CC2CC2)c1. The topological polar surface area (TPSA) is 54.4 Å². The smallest absolute Gasteiger partial charge is 0.175 e. The molecule has 0 radical (unpaired) electrons. The lowest BCUT2D eigenvalue weighted by Gasteiger charge is -2.11. The van der Waals surface area contributed by atoms with Crippen molar-refractivity contribution in [2.45, 2.75) is 30.3 Å². The molecule has 1 aromatic carbocycles. The molecule has 4 heteroatoms. The lowest BCUT2D eigenvalue weighted by molar-refractivity contribution is 0.160. The summed E-state index contributed by atoms with van der Waals surface area (Å²) in [6.07, 6.45) is 3.76. The van der Waals surface area contributed by atoms with Gasteiger partial charge in [0.15, 0.2) is 9.84 Å². The summed E-state index contributed by atoms with van der Waals surface area (Å²) in [5.74, 6) is 0.622. The van der Waals surface area contributed by atoms with E-state index in [2.05, 4.69) is 0 Å². The van der Waals surface area contributed by atoms with Crippen LogP contribution in [0.4, 0.5) is 0 Å². The third-order valence-corrected chi connectivity index (χ3v) is 4.03. The largest absolute Gasteiger partial charge is 0.388 e. The molecule has 1 saturated carbocycles. The molecule has 0 spiro atoms. The molecule has 1 aliphatic carbocycles. The maximum Gasteiger partial charge on any atom is 0.175 e. The summed E-state index contributed by atoms with van der Waals surface area (Å²) in [6.45, 7) is 0. The molecule has 3 nitrogen and oxygen atoms in total. The van der Waals surface area contributed by atoms with Gasteiger partial charge in [0.25, 0.3) is 0 Å². The van der Waals surface area contributed by atoms with E-state index in [-0.39, 0.29) is 4.90 Å². The fourth-order valence-electron chi connectivity index (χ4n) is 1.76. The predicted octanol–water partition coefficient (Wildman–Crippen LogP) is 1.92. The lowest BCUT2D eigenvalue weighted by atomic mass is 10.0. The molecule has 1 aromatic rings. The number of aliphatic hydroxyl groups excluding tert-OH is 1. The second kappa shape index (κ2) is 4.18. The molecule has 1 unspecified atom stereocenters. The maximum absolute atomic E-state index is 11.4. The summed E-state index contributed by atoms with van der Waals surface area (Å²) >= 11 is 0. The van der Waals surface area contributed by atoms with Gasteiger partial charge in [-0.2, -0.15) is 0 Å². The highest BCUT2D eigenvalue weighted by Gasteiger charge is 2.25. The van der Waals surface area contributed by atoms with Crippen LogP contribution in [0.15, 0.2) is 29.2 Å². The third kappa shape index (κ3) is 2.83. The number of rotatable bonds is 4. The van der Waals surface area contributed by atoms with E-state index in [1.54, 1.807) is 24.3 Å². The molecular formula is C12H16O3S. The molecule has 0 aromatic heterocycles. The van der Waals surface area contributed by atoms with E-state index in [0.29, 0.717) is 11.5 Å². The third-order valence-electron chi connectivity index (χ3n) is 2.92. The van der Waals surface area contributed by atoms with Gasteiger partial charge in [0.2, 0.25) is 0 Å². The average molecular weight is 240 g/mol. The molecule has 0 aliphatic heterocycles. The Morgan fingerprint density at radius 1 is 1.44 bits per heavy atom. The summed E-state index contributed by atoms with van der Waals surface area (Å²) < 4.78 is 22.7. The van der Waals surface area contributed by atoms with Crippen LogP contribution in [0.5, 0.6) is 0 Å². The number of hydrogen-bond donors (Lipinski definition) is 1. The van der Waals surface area contributed by atoms with Gasteiger partial charge in [-0.15, -0.1) is 0 Å². The first kappa shape index (κ1) is 11.6. The zero-order valence-corrected chi connectivity index (χ0v) is 10.1. The Morgan fingerprint density at radius 2 is 2.12 bits per heavy atom. The first-order valence-electron chi connectivity index (χ1n) is 5.45. The van der Waals surface area contributed by atoms with Gasteiger partial charge in [-0.25, -0.2) is 8.42 Å². The Morgan fingerprint density at radius 3 is 2.69 bits per heavy atom. The number of aliphatic hydroxyl groups is 1. The molecule has 1 atom stereocenters. The van der Waals surface area contributed by atoms with E-state index in [1.807, 2.05) is 0 Å². The Kier molecular flexibility index (Phi) is 3.04. The second-order valence-corrected chi connectivity index (χ2v) is 6.56. The van der Waals surface area contributed by atoms with Crippen molar-refractivity contribution in [3.63, 3.8) is 0 Å². The molecule has 0 heterocycles. The maximum atomic E-state index is 11.4. The molecule has 2 rings (SSSR count). The Hall–Kier alpha value is -0.870.